The van der Waals surface area contributed by atoms with Crippen molar-refractivity contribution in [2.45, 2.75) is 83.7 Å². The fraction of sp³-hybridized carbons (Fsp3) is 0.696. The van der Waals surface area contributed by atoms with Crippen LogP contribution < -0.4 is 0 Å². The molecule has 1 N–H and O–H groups in total. The first-order valence-corrected chi connectivity index (χ1v) is 10.5. The summed E-state index contributed by atoms with van der Waals surface area (Å²) in [6.07, 6.45) is 9.47. The van der Waals surface area contributed by atoms with Gasteiger partial charge in [-0.05, 0) is 86.0 Å². The monoisotopic (exact) mass is 356 g/mol. The third kappa shape index (κ3) is 2.93. The van der Waals surface area contributed by atoms with Crippen molar-refractivity contribution >= 4 is 5.97 Å². The standard InChI is InChI=1S/C23H32O3/c1-3-4-5-22(25)26-21-11-10-20-19-8-6-15-14-16(24)7-9-17(15)18(19)12-13-23(20,21)2/h7,9,14,18-21,24H,3-6,8,10-13H2,1-2H3/t18-,19-,20-,21-,23+/m1/s1. The summed E-state index contributed by atoms with van der Waals surface area (Å²) in [5, 5.41) is 9.81. The van der Waals surface area contributed by atoms with Crippen molar-refractivity contribution in [2.75, 3.05) is 0 Å². The van der Waals surface area contributed by atoms with E-state index in [1.54, 1.807) is 0 Å². The lowest BCUT2D eigenvalue weighted by atomic mass is 9.55. The number of benzene rings is 1. The van der Waals surface area contributed by atoms with Crippen LogP contribution in [-0.4, -0.2) is 17.2 Å². The van der Waals surface area contributed by atoms with Crippen LogP contribution in [0, 0.1) is 17.3 Å². The van der Waals surface area contributed by atoms with Crippen molar-refractivity contribution in [3.8, 4) is 5.75 Å². The van der Waals surface area contributed by atoms with Gasteiger partial charge < -0.3 is 9.84 Å². The molecule has 26 heavy (non-hydrogen) atoms. The number of unbranched alkanes of at least 4 members (excludes halogenated alkanes) is 1. The maximum atomic E-state index is 12.2. The summed E-state index contributed by atoms with van der Waals surface area (Å²) < 4.78 is 5.98. The number of aryl methyl sites for hydroxylation is 1. The lowest BCUT2D eigenvalue weighted by molar-refractivity contribution is -0.157. The summed E-state index contributed by atoms with van der Waals surface area (Å²) in [6.45, 7) is 4.49. The van der Waals surface area contributed by atoms with Gasteiger partial charge in [0, 0.05) is 11.8 Å². The van der Waals surface area contributed by atoms with Crippen LogP contribution in [0.3, 0.4) is 0 Å². The lowest BCUT2D eigenvalue weighted by Crippen LogP contribution is -2.45. The van der Waals surface area contributed by atoms with E-state index in [1.807, 2.05) is 12.1 Å². The maximum Gasteiger partial charge on any atom is 0.306 e. The molecular weight excluding hydrogens is 324 g/mol. The van der Waals surface area contributed by atoms with E-state index in [1.165, 1.54) is 30.4 Å². The molecule has 1 aromatic carbocycles. The van der Waals surface area contributed by atoms with Gasteiger partial charge in [-0.3, -0.25) is 4.79 Å². The number of rotatable bonds is 4. The number of phenolic OH excluding ortho intramolecular Hbond substituents is 1. The van der Waals surface area contributed by atoms with Gasteiger partial charge in [0.25, 0.3) is 0 Å². The lowest BCUT2D eigenvalue weighted by Gasteiger charge is -2.50. The Morgan fingerprint density at radius 2 is 2.12 bits per heavy atom. The zero-order valence-corrected chi connectivity index (χ0v) is 16.2. The number of phenols is 1. The summed E-state index contributed by atoms with van der Waals surface area (Å²) in [7, 11) is 0. The van der Waals surface area contributed by atoms with Gasteiger partial charge in [0.05, 0.1) is 0 Å². The number of hydrogen-bond acceptors (Lipinski definition) is 3. The molecule has 3 heteroatoms. The molecule has 0 unspecified atom stereocenters. The van der Waals surface area contributed by atoms with Gasteiger partial charge in [0.1, 0.15) is 11.9 Å². The van der Waals surface area contributed by atoms with Crippen LogP contribution >= 0.6 is 0 Å². The van der Waals surface area contributed by atoms with Gasteiger partial charge in [-0.15, -0.1) is 0 Å². The molecule has 5 atom stereocenters. The number of hydrogen-bond donors (Lipinski definition) is 1. The molecular formula is C23H32O3. The van der Waals surface area contributed by atoms with Crippen molar-refractivity contribution < 1.29 is 14.6 Å². The van der Waals surface area contributed by atoms with E-state index in [-0.39, 0.29) is 17.5 Å². The normalized spacial score (nSPS) is 35.3. The van der Waals surface area contributed by atoms with Gasteiger partial charge in [0.2, 0.25) is 0 Å². The number of aromatic hydroxyl groups is 1. The van der Waals surface area contributed by atoms with E-state index in [2.05, 4.69) is 19.9 Å². The van der Waals surface area contributed by atoms with E-state index in [0.717, 1.165) is 32.1 Å². The molecule has 0 spiro atoms. The number of ether oxygens (including phenoxy) is 1. The second-order valence-electron chi connectivity index (χ2n) is 9.00. The van der Waals surface area contributed by atoms with E-state index in [4.69, 9.17) is 4.74 Å². The van der Waals surface area contributed by atoms with Crippen LogP contribution in [0.4, 0.5) is 0 Å². The van der Waals surface area contributed by atoms with Crippen LogP contribution in [0.25, 0.3) is 0 Å². The van der Waals surface area contributed by atoms with Gasteiger partial charge in [0.15, 0.2) is 0 Å². The third-order valence-electron chi connectivity index (χ3n) is 7.63. The van der Waals surface area contributed by atoms with Crippen LogP contribution in [0.15, 0.2) is 18.2 Å². The molecule has 3 aliphatic rings. The van der Waals surface area contributed by atoms with E-state index >= 15 is 0 Å². The summed E-state index contributed by atoms with van der Waals surface area (Å²) in [6, 6.07) is 5.97. The molecule has 0 saturated heterocycles. The van der Waals surface area contributed by atoms with Gasteiger partial charge >= 0.3 is 5.97 Å². The quantitative estimate of drug-likeness (QED) is 0.740. The molecule has 0 heterocycles. The summed E-state index contributed by atoms with van der Waals surface area (Å²) >= 11 is 0. The molecule has 3 aliphatic carbocycles. The highest BCUT2D eigenvalue weighted by atomic mass is 16.5. The van der Waals surface area contributed by atoms with Gasteiger partial charge in [-0.2, -0.15) is 0 Å². The zero-order chi connectivity index (χ0) is 18.3. The summed E-state index contributed by atoms with van der Waals surface area (Å²) in [5.41, 5.74) is 2.96. The smallest absolute Gasteiger partial charge is 0.306 e. The van der Waals surface area contributed by atoms with E-state index in [9.17, 15) is 9.90 Å². The Hall–Kier alpha value is -1.51. The van der Waals surface area contributed by atoms with E-state index in [0.29, 0.717) is 29.9 Å². The molecule has 1 aromatic rings. The second-order valence-corrected chi connectivity index (χ2v) is 9.00. The molecule has 3 nitrogen and oxygen atoms in total. The molecule has 2 saturated carbocycles. The average Bonchev–Trinajstić information content (AvgIpc) is 2.96. The largest absolute Gasteiger partial charge is 0.508 e. The van der Waals surface area contributed by atoms with Crippen molar-refractivity contribution in [2.24, 2.45) is 17.3 Å². The third-order valence-corrected chi connectivity index (χ3v) is 7.63. The molecule has 0 aliphatic heterocycles. The Labute approximate surface area is 157 Å². The first-order valence-electron chi connectivity index (χ1n) is 10.5. The summed E-state index contributed by atoms with van der Waals surface area (Å²) in [5.74, 6) is 2.37. The fourth-order valence-corrected chi connectivity index (χ4v) is 6.25. The highest BCUT2D eigenvalue weighted by Gasteiger charge is 2.56. The predicted molar refractivity (Wildman–Crippen MR) is 102 cm³/mol. The maximum absolute atomic E-state index is 12.2. The summed E-state index contributed by atoms with van der Waals surface area (Å²) in [4.78, 5) is 12.2. The Morgan fingerprint density at radius 1 is 1.27 bits per heavy atom. The van der Waals surface area contributed by atoms with Crippen molar-refractivity contribution in [1.29, 1.82) is 0 Å². The molecule has 2 fully saturated rings. The van der Waals surface area contributed by atoms with Crippen LogP contribution in [-0.2, 0) is 16.0 Å². The minimum absolute atomic E-state index is 0.00492. The Bertz CT molecular complexity index is 682. The average molecular weight is 357 g/mol. The Balaban J connectivity index is 1.51. The van der Waals surface area contributed by atoms with Crippen LogP contribution in [0.2, 0.25) is 0 Å². The molecule has 0 bridgehead atoms. The van der Waals surface area contributed by atoms with Crippen molar-refractivity contribution in [3.05, 3.63) is 29.3 Å². The molecule has 0 aromatic heterocycles. The van der Waals surface area contributed by atoms with Crippen LogP contribution in [0.5, 0.6) is 5.75 Å². The Kier molecular flexibility index (Phi) is 4.75. The highest BCUT2D eigenvalue weighted by Crippen LogP contribution is 2.61. The first-order chi connectivity index (χ1) is 12.5. The van der Waals surface area contributed by atoms with Gasteiger partial charge in [-0.25, -0.2) is 0 Å². The number of carbonyl (C=O) groups excluding carboxylic acids is 1. The Morgan fingerprint density at radius 3 is 2.92 bits per heavy atom. The van der Waals surface area contributed by atoms with Gasteiger partial charge in [-0.1, -0.05) is 26.3 Å². The molecule has 142 valence electrons. The minimum Gasteiger partial charge on any atom is -0.508 e. The molecule has 0 amide bonds. The molecule has 0 radical (unpaired) electrons. The fourth-order valence-electron chi connectivity index (χ4n) is 6.25. The SMILES string of the molecule is CCCCC(=O)O[C@@H]1CC[C@@H]2[C@@H]3CCc4cc(O)ccc4[C@H]3CC[C@@]21C. The van der Waals surface area contributed by atoms with Crippen LogP contribution in [0.1, 0.15) is 82.3 Å². The highest BCUT2D eigenvalue weighted by molar-refractivity contribution is 5.69. The second kappa shape index (κ2) is 6.90. The molecule has 4 rings (SSSR count). The number of esters is 1. The topological polar surface area (TPSA) is 46.5 Å². The van der Waals surface area contributed by atoms with E-state index < -0.39 is 0 Å². The number of carbonyl (C=O) groups is 1. The van der Waals surface area contributed by atoms with Crippen molar-refractivity contribution in [1.82, 2.24) is 0 Å². The number of fused-ring (bicyclic) bond motifs is 5. The first kappa shape index (κ1) is 17.9. The minimum atomic E-state index is 0.00492. The van der Waals surface area contributed by atoms with Crippen molar-refractivity contribution in [3.63, 3.8) is 0 Å². The predicted octanol–water partition coefficient (Wildman–Crippen LogP) is 5.35. The zero-order valence-electron chi connectivity index (χ0n) is 16.2.